The van der Waals surface area contributed by atoms with Gasteiger partial charge in [-0.25, -0.2) is 9.97 Å². The number of carbonyl (C=O) groups is 1. The maximum Gasteiger partial charge on any atom is 0.274 e. The minimum absolute atomic E-state index is 0.235. The van der Waals surface area contributed by atoms with Gasteiger partial charge in [-0.2, -0.15) is 0 Å². The van der Waals surface area contributed by atoms with Crippen LogP contribution >= 0.6 is 23.2 Å². The van der Waals surface area contributed by atoms with Crippen LogP contribution in [0.15, 0.2) is 48.7 Å². The van der Waals surface area contributed by atoms with Gasteiger partial charge >= 0.3 is 0 Å². The smallest absolute Gasteiger partial charge is 0.274 e. The first-order valence-electron chi connectivity index (χ1n) is 7.86. The van der Waals surface area contributed by atoms with Crippen LogP contribution in [-0.4, -0.2) is 15.9 Å². The molecular formula is C19H16Cl2N4O. The second kappa shape index (κ2) is 7.72. The highest BCUT2D eigenvalue weighted by Crippen LogP contribution is 2.25. The number of hydrogen-bond donors (Lipinski definition) is 2. The average Bonchev–Trinajstić information content (AvgIpc) is 2.61. The lowest BCUT2D eigenvalue weighted by molar-refractivity contribution is 0.102. The molecule has 1 aromatic heterocycles. The van der Waals surface area contributed by atoms with E-state index in [-0.39, 0.29) is 11.6 Å². The van der Waals surface area contributed by atoms with Crippen LogP contribution in [0.2, 0.25) is 10.0 Å². The Hall–Kier alpha value is -2.63. The van der Waals surface area contributed by atoms with Gasteiger partial charge in [-0.1, -0.05) is 35.3 Å². The van der Waals surface area contributed by atoms with E-state index in [2.05, 4.69) is 20.6 Å². The minimum atomic E-state index is -0.366. The number of anilines is 3. The molecule has 3 rings (SSSR count). The van der Waals surface area contributed by atoms with Gasteiger partial charge in [-0.05, 0) is 55.3 Å². The van der Waals surface area contributed by atoms with Crippen molar-refractivity contribution in [3.63, 3.8) is 0 Å². The van der Waals surface area contributed by atoms with Crippen molar-refractivity contribution in [3.8, 4) is 0 Å². The molecule has 2 aromatic carbocycles. The highest BCUT2D eigenvalue weighted by molar-refractivity contribution is 6.42. The summed E-state index contributed by atoms with van der Waals surface area (Å²) in [7, 11) is 0. The summed E-state index contributed by atoms with van der Waals surface area (Å²) in [4.78, 5) is 20.9. The Morgan fingerprint density at radius 1 is 1.00 bits per heavy atom. The Morgan fingerprint density at radius 2 is 1.81 bits per heavy atom. The van der Waals surface area contributed by atoms with Crippen molar-refractivity contribution in [3.05, 3.63) is 75.5 Å². The molecule has 0 bridgehead atoms. The Morgan fingerprint density at radius 3 is 2.58 bits per heavy atom. The summed E-state index contributed by atoms with van der Waals surface area (Å²) in [5.74, 6) is -0.0182. The molecule has 0 fully saturated rings. The van der Waals surface area contributed by atoms with Crippen LogP contribution in [0.4, 0.5) is 17.3 Å². The number of nitrogens with zero attached hydrogens (tertiary/aromatic N) is 2. The van der Waals surface area contributed by atoms with Crippen LogP contribution in [0.5, 0.6) is 0 Å². The lowest BCUT2D eigenvalue weighted by Gasteiger charge is -2.10. The van der Waals surface area contributed by atoms with Crippen LogP contribution in [0.25, 0.3) is 0 Å². The first kappa shape index (κ1) is 18.2. The van der Waals surface area contributed by atoms with Gasteiger partial charge in [-0.3, -0.25) is 4.79 Å². The molecule has 0 saturated heterocycles. The maximum atomic E-state index is 12.4. The number of hydrogen-bond acceptors (Lipinski definition) is 4. The molecule has 0 saturated carbocycles. The Kier molecular flexibility index (Phi) is 5.40. The van der Waals surface area contributed by atoms with E-state index >= 15 is 0 Å². The molecule has 1 amide bonds. The second-order valence-corrected chi connectivity index (χ2v) is 6.61. The summed E-state index contributed by atoms with van der Waals surface area (Å²) in [6.45, 7) is 4.00. The molecular weight excluding hydrogens is 371 g/mol. The molecule has 0 atom stereocenters. The monoisotopic (exact) mass is 386 g/mol. The highest BCUT2D eigenvalue weighted by atomic mass is 35.5. The molecule has 0 aliphatic heterocycles. The van der Waals surface area contributed by atoms with E-state index in [1.54, 1.807) is 24.3 Å². The number of rotatable bonds is 4. The first-order chi connectivity index (χ1) is 12.4. The van der Waals surface area contributed by atoms with E-state index in [0.717, 1.165) is 16.8 Å². The fraction of sp³-hybridized carbons (Fsp3) is 0.105. The third-order valence-corrected chi connectivity index (χ3v) is 4.44. The number of carbonyl (C=O) groups excluding carboxylic acids is 1. The van der Waals surface area contributed by atoms with Crippen LogP contribution < -0.4 is 10.6 Å². The van der Waals surface area contributed by atoms with E-state index in [9.17, 15) is 4.79 Å². The zero-order valence-electron chi connectivity index (χ0n) is 14.2. The van der Waals surface area contributed by atoms with Gasteiger partial charge in [-0.15, -0.1) is 0 Å². The number of halogens is 2. The van der Waals surface area contributed by atoms with Crippen molar-refractivity contribution >= 4 is 46.4 Å². The number of aryl methyl sites for hydroxylation is 2. The molecule has 0 spiro atoms. The highest BCUT2D eigenvalue weighted by Gasteiger charge is 2.11. The number of amides is 1. The zero-order valence-corrected chi connectivity index (χ0v) is 15.7. The van der Waals surface area contributed by atoms with Crippen LogP contribution in [0.3, 0.4) is 0 Å². The van der Waals surface area contributed by atoms with Crippen LogP contribution in [-0.2, 0) is 0 Å². The molecule has 2 N–H and O–H groups in total. The number of aromatic nitrogens is 2. The van der Waals surface area contributed by atoms with Gasteiger partial charge in [0.15, 0.2) is 0 Å². The van der Waals surface area contributed by atoms with E-state index in [1.165, 1.54) is 6.20 Å². The molecule has 0 aliphatic rings. The van der Waals surface area contributed by atoms with Crippen molar-refractivity contribution in [2.45, 2.75) is 13.8 Å². The van der Waals surface area contributed by atoms with Crippen molar-refractivity contribution < 1.29 is 4.79 Å². The van der Waals surface area contributed by atoms with Gasteiger partial charge in [0.05, 0.1) is 10.0 Å². The Balaban J connectivity index is 1.78. The standard InChI is InChI=1S/C19H16Cl2N4O/c1-11-3-4-12(2)17(9-11)25-19-22-8-7-16(24-19)18(26)23-13-5-6-14(20)15(21)10-13/h3-10H,1-2H3,(H,23,26)(H,22,24,25). The molecule has 132 valence electrons. The summed E-state index contributed by atoms with van der Waals surface area (Å²) < 4.78 is 0. The maximum absolute atomic E-state index is 12.4. The van der Waals surface area contributed by atoms with E-state index in [4.69, 9.17) is 23.2 Å². The summed E-state index contributed by atoms with van der Waals surface area (Å²) in [5.41, 5.74) is 3.84. The molecule has 0 aliphatic carbocycles. The molecule has 0 radical (unpaired) electrons. The topological polar surface area (TPSA) is 66.9 Å². The van der Waals surface area contributed by atoms with Gasteiger partial charge < -0.3 is 10.6 Å². The predicted molar refractivity (Wildman–Crippen MR) is 106 cm³/mol. The van der Waals surface area contributed by atoms with Crippen LogP contribution in [0, 0.1) is 13.8 Å². The molecule has 0 unspecified atom stereocenters. The summed E-state index contributed by atoms with van der Waals surface area (Å²) in [6.07, 6.45) is 1.53. The largest absolute Gasteiger partial charge is 0.324 e. The molecule has 3 aromatic rings. The Labute approximate surface area is 161 Å². The summed E-state index contributed by atoms with van der Waals surface area (Å²) in [5, 5.41) is 6.67. The number of benzene rings is 2. The second-order valence-electron chi connectivity index (χ2n) is 5.79. The fourth-order valence-corrected chi connectivity index (χ4v) is 2.60. The van der Waals surface area contributed by atoms with Gasteiger partial charge in [0, 0.05) is 17.6 Å². The quantitative estimate of drug-likeness (QED) is 0.629. The van der Waals surface area contributed by atoms with Crippen molar-refractivity contribution in [1.82, 2.24) is 9.97 Å². The fourth-order valence-electron chi connectivity index (χ4n) is 2.31. The van der Waals surface area contributed by atoms with Gasteiger partial charge in [0.1, 0.15) is 5.69 Å². The summed E-state index contributed by atoms with van der Waals surface area (Å²) >= 11 is 11.8. The lowest BCUT2D eigenvalue weighted by Crippen LogP contribution is -2.14. The SMILES string of the molecule is Cc1ccc(C)c(Nc2nccc(C(=O)Nc3ccc(Cl)c(Cl)c3)n2)c1. The summed E-state index contributed by atoms with van der Waals surface area (Å²) in [6, 6.07) is 12.5. The molecule has 7 heteroatoms. The van der Waals surface area contributed by atoms with E-state index < -0.39 is 0 Å². The van der Waals surface area contributed by atoms with E-state index in [0.29, 0.717) is 21.7 Å². The third kappa shape index (κ3) is 4.31. The molecule has 26 heavy (non-hydrogen) atoms. The third-order valence-electron chi connectivity index (χ3n) is 3.71. The normalized spacial score (nSPS) is 10.5. The first-order valence-corrected chi connectivity index (χ1v) is 8.62. The number of nitrogens with one attached hydrogen (secondary N) is 2. The zero-order chi connectivity index (χ0) is 18.7. The molecule has 1 heterocycles. The van der Waals surface area contributed by atoms with Gasteiger partial charge in [0.2, 0.25) is 5.95 Å². The van der Waals surface area contributed by atoms with Crippen molar-refractivity contribution in [2.24, 2.45) is 0 Å². The molecule has 5 nitrogen and oxygen atoms in total. The van der Waals surface area contributed by atoms with Crippen LogP contribution in [0.1, 0.15) is 21.6 Å². The predicted octanol–water partition coefficient (Wildman–Crippen LogP) is 5.40. The average molecular weight is 387 g/mol. The van der Waals surface area contributed by atoms with Gasteiger partial charge in [0.25, 0.3) is 5.91 Å². The Bertz CT molecular complexity index is 976. The minimum Gasteiger partial charge on any atom is -0.324 e. The van der Waals surface area contributed by atoms with Crippen molar-refractivity contribution in [2.75, 3.05) is 10.6 Å². The van der Waals surface area contributed by atoms with E-state index in [1.807, 2.05) is 32.0 Å². The van der Waals surface area contributed by atoms with Crippen molar-refractivity contribution in [1.29, 1.82) is 0 Å². The lowest BCUT2D eigenvalue weighted by atomic mass is 10.1.